The average molecular weight is 276 g/mol. The van der Waals surface area contributed by atoms with E-state index in [2.05, 4.69) is 46.4 Å². The Morgan fingerprint density at radius 3 is 2.63 bits per heavy atom. The molecule has 0 aliphatic carbocycles. The van der Waals surface area contributed by atoms with Gasteiger partial charge in [0.15, 0.2) is 0 Å². The van der Waals surface area contributed by atoms with Crippen LogP contribution in [0.5, 0.6) is 0 Å². The molecule has 2 aromatic heterocycles. The highest BCUT2D eigenvalue weighted by atomic mass is 32.1. The lowest BCUT2D eigenvalue weighted by molar-refractivity contribution is 0.420. The maximum absolute atomic E-state index is 4.57. The summed E-state index contributed by atoms with van der Waals surface area (Å²) in [7, 11) is 0. The molecule has 0 atom stereocenters. The molecule has 0 unspecified atom stereocenters. The van der Waals surface area contributed by atoms with Gasteiger partial charge in [0, 0.05) is 23.7 Å². The zero-order chi connectivity index (χ0) is 13.9. The van der Waals surface area contributed by atoms with Crippen LogP contribution in [0.4, 0.5) is 0 Å². The minimum absolute atomic E-state index is 0.0944. The second-order valence-electron chi connectivity index (χ2n) is 5.60. The molecule has 0 saturated carbocycles. The van der Waals surface area contributed by atoms with E-state index in [1.165, 1.54) is 0 Å². The van der Waals surface area contributed by atoms with Crippen LogP contribution in [0.3, 0.4) is 0 Å². The molecular formula is C14H20N4S. The van der Waals surface area contributed by atoms with Gasteiger partial charge in [0.1, 0.15) is 5.82 Å². The number of hydrogen-bond acceptors (Lipinski definition) is 5. The van der Waals surface area contributed by atoms with Crippen molar-refractivity contribution in [1.82, 2.24) is 20.3 Å². The molecular weight excluding hydrogens is 256 g/mol. The molecule has 19 heavy (non-hydrogen) atoms. The van der Waals surface area contributed by atoms with Crippen LogP contribution in [-0.2, 0) is 13.0 Å². The van der Waals surface area contributed by atoms with Crippen LogP contribution in [0.15, 0.2) is 17.6 Å². The number of rotatable bonds is 4. The smallest absolute Gasteiger partial charge is 0.134 e. The van der Waals surface area contributed by atoms with Gasteiger partial charge in [-0.2, -0.15) is 0 Å². The molecule has 0 spiro atoms. The predicted molar refractivity (Wildman–Crippen MR) is 78.3 cm³/mol. The summed E-state index contributed by atoms with van der Waals surface area (Å²) in [6, 6.07) is 1.95. The Hall–Kier alpha value is -1.33. The predicted octanol–water partition coefficient (Wildman–Crippen LogP) is 2.72. The maximum atomic E-state index is 4.57. The van der Waals surface area contributed by atoms with Crippen molar-refractivity contribution < 1.29 is 0 Å². The van der Waals surface area contributed by atoms with Gasteiger partial charge in [-0.1, -0.05) is 0 Å². The molecule has 0 radical (unpaired) electrons. The lowest BCUT2D eigenvalue weighted by atomic mass is 10.1. The first kappa shape index (κ1) is 14.1. The number of hydrogen-bond donors (Lipinski definition) is 1. The first-order valence-electron chi connectivity index (χ1n) is 6.39. The molecule has 0 aromatic carbocycles. The Labute approximate surface area is 118 Å². The summed E-state index contributed by atoms with van der Waals surface area (Å²) < 4.78 is 0. The minimum atomic E-state index is 0.0944. The van der Waals surface area contributed by atoms with E-state index in [-0.39, 0.29) is 5.54 Å². The summed E-state index contributed by atoms with van der Waals surface area (Å²) in [6.45, 7) is 9.21. The Morgan fingerprint density at radius 2 is 2.00 bits per heavy atom. The summed E-state index contributed by atoms with van der Waals surface area (Å²) in [5.74, 6) is 0.832. The number of aryl methyl sites for hydroxylation is 1. The van der Waals surface area contributed by atoms with Gasteiger partial charge in [0.2, 0.25) is 0 Å². The van der Waals surface area contributed by atoms with Crippen LogP contribution in [0.25, 0.3) is 0 Å². The maximum Gasteiger partial charge on any atom is 0.134 e. The third-order valence-electron chi connectivity index (χ3n) is 2.57. The van der Waals surface area contributed by atoms with Crippen LogP contribution in [0.1, 0.15) is 43.0 Å². The largest absolute Gasteiger partial charge is 0.306 e. The molecule has 0 aliphatic rings. The van der Waals surface area contributed by atoms with Gasteiger partial charge in [-0.15, -0.1) is 11.3 Å². The topological polar surface area (TPSA) is 50.7 Å². The highest BCUT2D eigenvalue weighted by Crippen LogP contribution is 2.11. The van der Waals surface area contributed by atoms with Crippen LogP contribution >= 0.6 is 11.3 Å². The van der Waals surface area contributed by atoms with Crippen molar-refractivity contribution in [2.75, 3.05) is 0 Å². The van der Waals surface area contributed by atoms with Crippen molar-refractivity contribution in [2.45, 2.75) is 46.2 Å². The van der Waals surface area contributed by atoms with E-state index in [9.17, 15) is 0 Å². The summed E-state index contributed by atoms with van der Waals surface area (Å²) >= 11 is 1.66. The second-order valence-corrected chi connectivity index (χ2v) is 6.66. The van der Waals surface area contributed by atoms with Crippen LogP contribution < -0.4 is 5.32 Å². The zero-order valence-corrected chi connectivity index (χ0v) is 12.7. The monoisotopic (exact) mass is 276 g/mol. The molecule has 0 aliphatic heterocycles. The Bertz CT molecular complexity index is 542. The van der Waals surface area contributed by atoms with Gasteiger partial charge >= 0.3 is 0 Å². The van der Waals surface area contributed by atoms with Gasteiger partial charge < -0.3 is 5.32 Å². The fraction of sp³-hybridized carbons (Fsp3) is 0.500. The van der Waals surface area contributed by atoms with E-state index in [0.717, 1.165) is 28.8 Å². The fourth-order valence-corrected chi connectivity index (χ4v) is 2.24. The lowest BCUT2D eigenvalue weighted by Gasteiger charge is -2.20. The molecule has 0 fully saturated rings. The van der Waals surface area contributed by atoms with Crippen molar-refractivity contribution in [2.24, 2.45) is 0 Å². The highest BCUT2D eigenvalue weighted by Gasteiger charge is 2.09. The van der Waals surface area contributed by atoms with Gasteiger partial charge in [-0.3, -0.25) is 0 Å². The molecule has 2 rings (SSSR count). The third kappa shape index (κ3) is 4.69. The first-order valence-corrected chi connectivity index (χ1v) is 7.27. The molecule has 2 aromatic rings. The molecule has 0 amide bonds. The molecule has 5 heteroatoms. The van der Waals surface area contributed by atoms with E-state index in [1.807, 2.05) is 19.2 Å². The molecule has 102 valence electrons. The molecule has 0 bridgehead atoms. The standard InChI is InChI=1S/C14H20N4S/c1-10-17-12(9-19-10)7-13-15-6-5-11(18-13)8-16-14(2,3)4/h5-6,9,16H,7-8H2,1-4H3. The van der Waals surface area contributed by atoms with Crippen LogP contribution in [0.2, 0.25) is 0 Å². The number of thiazole rings is 1. The fourth-order valence-electron chi connectivity index (χ4n) is 1.63. The molecule has 1 N–H and O–H groups in total. The number of aromatic nitrogens is 3. The van der Waals surface area contributed by atoms with E-state index in [0.29, 0.717) is 6.42 Å². The summed E-state index contributed by atoms with van der Waals surface area (Å²) in [4.78, 5) is 13.3. The van der Waals surface area contributed by atoms with Crippen LogP contribution in [0, 0.1) is 6.92 Å². The van der Waals surface area contributed by atoms with E-state index in [1.54, 1.807) is 11.3 Å². The SMILES string of the molecule is Cc1nc(Cc2nccc(CNC(C)(C)C)n2)cs1. The number of nitrogens with zero attached hydrogens (tertiary/aromatic N) is 3. The summed E-state index contributed by atoms with van der Waals surface area (Å²) in [5, 5.41) is 6.58. The van der Waals surface area contributed by atoms with Gasteiger partial charge in [-0.25, -0.2) is 15.0 Å². The third-order valence-corrected chi connectivity index (χ3v) is 3.39. The van der Waals surface area contributed by atoms with Crippen molar-refractivity contribution in [1.29, 1.82) is 0 Å². The molecule has 0 saturated heterocycles. The Balaban J connectivity index is 2.02. The highest BCUT2D eigenvalue weighted by molar-refractivity contribution is 7.09. The van der Waals surface area contributed by atoms with Crippen molar-refractivity contribution in [3.8, 4) is 0 Å². The molecule has 2 heterocycles. The van der Waals surface area contributed by atoms with E-state index < -0.39 is 0 Å². The van der Waals surface area contributed by atoms with Crippen molar-refractivity contribution in [3.63, 3.8) is 0 Å². The van der Waals surface area contributed by atoms with Crippen molar-refractivity contribution in [3.05, 3.63) is 39.9 Å². The van der Waals surface area contributed by atoms with E-state index >= 15 is 0 Å². The Morgan fingerprint density at radius 1 is 1.21 bits per heavy atom. The summed E-state index contributed by atoms with van der Waals surface area (Å²) in [5.41, 5.74) is 2.16. The molecule has 4 nitrogen and oxygen atoms in total. The van der Waals surface area contributed by atoms with E-state index in [4.69, 9.17) is 0 Å². The van der Waals surface area contributed by atoms with Gasteiger partial charge in [0.05, 0.1) is 22.8 Å². The van der Waals surface area contributed by atoms with Gasteiger partial charge in [-0.05, 0) is 33.8 Å². The first-order chi connectivity index (χ1) is 8.92. The lowest BCUT2D eigenvalue weighted by Crippen LogP contribution is -2.35. The average Bonchev–Trinajstić information content (AvgIpc) is 2.72. The normalized spacial score (nSPS) is 11.8. The quantitative estimate of drug-likeness (QED) is 0.933. The van der Waals surface area contributed by atoms with Gasteiger partial charge in [0.25, 0.3) is 0 Å². The second kappa shape index (κ2) is 5.75. The Kier molecular flexibility index (Phi) is 4.27. The van der Waals surface area contributed by atoms with Crippen LogP contribution in [-0.4, -0.2) is 20.5 Å². The number of nitrogens with one attached hydrogen (secondary N) is 1. The minimum Gasteiger partial charge on any atom is -0.306 e. The zero-order valence-electron chi connectivity index (χ0n) is 11.9. The van der Waals surface area contributed by atoms with Crippen molar-refractivity contribution >= 4 is 11.3 Å². The summed E-state index contributed by atoms with van der Waals surface area (Å²) in [6.07, 6.45) is 2.52.